The number of nitrogens with zero attached hydrogens (tertiary/aromatic N) is 4. The molecular formula is C19H24FN5O2. The van der Waals surface area contributed by atoms with E-state index in [0.717, 1.165) is 25.2 Å². The lowest BCUT2D eigenvalue weighted by Crippen LogP contribution is -2.51. The fourth-order valence-corrected chi connectivity index (χ4v) is 3.23. The van der Waals surface area contributed by atoms with Crippen molar-refractivity contribution in [3.63, 3.8) is 0 Å². The van der Waals surface area contributed by atoms with E-state index in [0.29, 0.717) is 12.1 Å². The van der Waals surface area contributed by atoms with Crippen LogP contribution < -0.4 is 15.0 Å². The molecule has 0 aliphatic carbocycles. The van der Waals surface area contributed by atoms with Gasteiger partial charge in [0.15, 0.2) is 17.4 Å². The lowest BCUT2D eigenvalue weighted by molar-refractivity contribution is 0.182. The number of amides is 2. The third-order valence-electron chi connectivity index (χ3n) is 4.81. The first-order chi connectivity index (χ1) is 13.1. The van der Waals surface area contributed by atoms with Crippen LogP contribution in [0.25, 0.3) is 0 Å². The maximum Gasteiger partial charge on any atom is 0.317 e. The molecule has 7 nitrogen and oxygen atoms in total. The van der Waals surface area contributed by atoms with E-state index in [4.69, 9.17) is 4.74 Å². The Balaban J connectivity index is 1.56. The zero-order valence-corrected chi connectivity index (χ0v) is 15.6. The molecule has 0 radical (unpaired) electrons. The zero-order valence-electron chi connectivity index (χ0n) is 15.6. The van der Waals surface area contributed by atoms with Gasteiger partial charge in [0.25, 0.3) is 0 Å². The first kappa shape index (κ1) is 18.9. The van der Waals surface area contributed by atoms with E-state index in [1.165, 1.54) is 13.2 Å². The van der Waals surface area contributed by atoms with Crippen LogP contribution in [0, 0.1) is 5.82 Å². The van der Waals surface area contributed by atoms with Crippen molar-refractivity contribution in [1.29, 1.82) is 0 Å². The van der Waals surface area contributed by atoms with E-state index >= 15 is 0 Å². The number of carbonyl (C=O) groups excluding carboxylic acids is 1. The minimum atomic E-state index is -0.440. The summed E-state index contributed by atoms with van der Waals surface area (Å²) in [6.45, 7) is 1.86. The molecule has 1 aliphatic rings. The smallest absolute Gasteiger partial charge is 0.317 e. The van der Waals surface area contributed by atoms with Crippen molar-refractivity contribution >= 4 is 11.8 Å². The number of methoxy groups -OCH3 is 1. The van der Waals surface area contributed by atoms with Crippen LogP contribution in [-0.2, 0) is 6.54 Å². The summed E-state index contributed by atoms with van der Waals surface area (Å²) in [6, 6.07) is 8.34. The van der Waals surface area contributed by atoms with Crippen molar-refractivity contribution in [2.75, 3.05) is 32.1 Å². The molecule has 27 heavy (non-hydrogen) atoms. The van der Waals surface area contributed by atoms with Gasteiger partial charge in [-0.3, -0.25) is 0 Å². The number of rotatable bonds is 5. The molecular weight excluding hydrogens is 349 g/mol. The number of benzene rings is 1. The van der Waals surface area contributed by atoms with Gasteiger partial charge in [0, 0.05) is 32.9 Å². The Morgan fingerprint density at radius 2 is 2.30 bits per heavy atom. The highest BCUT2D eigenvalue weighted by Gasteiger charge is 2.26. The summed E-state index contributed by atoms with van der Waals surface area (Å²) >= 11 is 0. The molecule has 2 amide bonds. The Morgan fingerprint density at radius 3 is 3.00 bits per heavy atom. The standard InChI is InChI=1S/C19H24FN5O2/c1-24(15-5-4-10-25(13-15)18-6-3-9-22-23-18)19(26)21-12-14-7-8-17(27-2)16(20)11-14/h3,6-9,11,15H,4-5,10,12-13H2,1-2H3,(H,21,26). The van der Waals surface area contributed by atoms with E-state index in [-0.39, 0.29) is 24.4 Å². The van der Waals surface area contributed by atoms with E-state index in [2.05, 4.69) is 20.4 Å². The topological polar surface area (TPSA) is 70.6 Å². The molecule has 1 aliphatic heterocycles. The van der Waals surface area contributed by atoms with Gasteiger partial charge in [-0.25, -0.2) is 9.18 Å². The van der Waals surface area contributed by atoms with Gasteiger partial charge in [-0.1, -0.05) is 6.07 Å². The molecule has 0 bridgehead atoms. The zero-order chi connectivity index (χ0) is 19.2. The molecule has 0 spiro atoms. The van der Waals surface area contributed by atoms with Crippen LogP contribution in [0.2, 0.25) is 0 Å². The Kier molecular flexibility index (Phi) is 6.05. The molecule has 0 saturated carbocycles. The number of halogens is 1. The maximum atomic E-state index is 13.8. The molecule has 1 N–H and O–H groups in total. The first-order valence-corrected chi connectivity index (χ1v) is 8.94. The Bertz CT molecular complexity index is 774. The second-order valence-corrected chi connectivity index (χ2v) is 6.56. The number of hydrogen-bond donors (Lipinski definition) is 1. The predicted molar refractivity (Wildman–Crippen MR) is 100 cm³/mol. The Labute approximate surface area is 158 Å². The molecule has 1 saturated heterocycles. The van der Waals surface area contributed by atoms with Crippen molar-refractivity contribution < 1.29 is 13.9 Å². The van der Waals surface area contributed by atoms with Crippen LogP contribution in [0.5, 0.6) is 5.75 Å². The number of ether oxygens (including phenoxy) is 1. The lowest BCUT2D eigenvalue weighted by Gasteiger charge is -2.37. The minimum Gasteiger partial charge on any atom is -0.494 e. The minimum absolute atomic E-state index is 0.0772. The predicted octanol–water partition coefficient (Wildman–Crippen LogP) is 2.43. The first-order valence-electron chi connectivity index (χ1n) is 8.94. The van der Waals surface area contributed by atoms with Gasteiger partial charge < -0.3 is 19.9 Å². The quantitative estimate of drug-likeness (QED) is 0.872. The third-order valence-corrected chi connectivity index (χ3v) is 4.81. The molecule has 144 valence electrons. The summed E-state index contributed by atoms with van der Waals surface area (Å²) < 4.78 is 18.7. The van der Waals surface area contributed by atoms with Crippen molar-refractivity contribution in [3.05, 3.63) is 47.9 Å². The number of anilines is 1. The van der Waals surface area contributed by atoms with Gasteiger partial charge in [0.05, 0.1) is 13.2 Å². The summed E-state index contributed by atoms with van der Waals surface area (Å²) in [5.74, 6) is 0.572. The summed E-state index contributed by atoms with van der Waals surface area (Å²) in [4.78, 5) is 16.4. The number of piperidine rings is 1. The van der Waals surface area contributed by atoms with Gasteiger partial charge in [0.2, 0.25) is 0 Å². The normalized spacial score (nSPS) is 16.7. The summed E-state index contributed by atoms with van der Waals surface area (Å²) in [6.07, 6.45) is 3.55. The number of likely N-dealkylation sites (N-methyl/N-ethyl adjacent to an activating group) is 1. The second-order valence-electron chi connectivity index (χ2n) is 6.56. The monoisotopic (exact) mass is 373 g/mol. The number of carbonyl (C=O) groups is 1. The van der Waals surface area contributed by atoms with Crippen molar-refractivity contribution in [2.45, 2.75) is 25.4 Å². The van der Waals surface area contributed by atoms with E-state index in [9.17, 15) is 9.18 Å². The maximum absolute atomic E-state index is 13.8. The molecule has 1 aromatic heterocycles. The van der Waals surface area contributed by atoms with Crippen molar-refractivity contribution in [2.24, 2.45) is 0 Å². The molecule has 2 aromatic rings. The highest BCUT2D eigenvalue weighted by molar-refractivity contribution is 5.74. The highest BCUT2D eigenvalue weighted by atomic mass is 19.1. The molecule has 1 fully saturated rings. The second kappa shape index (κ2) is 8.66. The number of hydrogen-bond acceptors (Lipinski definition) is 5. The van der Waals surface area contributed by atoms with Gasteiger partial charge in [0.1, 0.15) is 0 Å². The number of aromatic nitrogens is 2. The van der Waals surface area contributed by atoms with E-state index in [1.54, 1.807) is 30.3 Å². The summed E-state index contributed by atoms with van der Waals surface area (Å²) in [5.41, 5.74) is 0.680. The van der Waals surface area contributed by atoms with Crippen LogP contribution in [0.3, 0.4) is 0 Å². The Hall–Kier alpha value is -2.90. The van der Waals surface area contributed by atoms with Crippen LogP contribution in [0.15, 0.2) is 36.5 Å². The van der Waals surface area contributed by atoms with Gasteiger partial charge in [-0.05, 0) is 42.7 Å². The fraction of sp³-hybridized carbons (Fsp3) is 0.421. The van der Waals surface area contributed by atoms with Crippen LogP contribution in [-0.4, -0.2) is 54.4 Å². The molecule has 1 atom stereocenters. The van der Waals surface area contributed by atoms with Crippen molar-refractivity contribution in [1.82, 2.24) is 20.4 Å². The number of nitrogens with one attached hydrogen (secondary N) is 1. The van der Waals surface area contributed by atoms with Gasteiger partial charge in [-0.2, -0.15) is 5.10 Å². The van der Waals surface area contributed by atoms with Crippen LogP contribution in [0.1, 0.15) is 18.4 Å². The average Bonchev–Trinajstić information content (AvgIpc) is 2.72. The molecule has 3 rings (SSSR count). The number of urea groups is 1. The fourth-order valence-electron chi connectivity index (χ4n) is 3.23. The SMILES string of the molecule is COc1ccc(CNC(=O)N(C)C2CCCN(c3cccnn3)C2)cc1F. The Morgan fingerprint density at radius 1 is 1.44 bits per heavy atom. The molecule has 2 heterocycles. The largest absolute Gasteiger partial charge is 0.494 e. The van der Waals surface area contributed by atoms with E-state index in [1.807, 2.05) is 12.1 Å². The summed E-state index contributed by atoms with van der Waals surface area (Å²) in [5, 5.41) is 10.9. The van der Waals surface area contributed by atoms with Gasteiger partial charge in [-0.15, -0.1) is 5.10 Å². The molecule has 1 unspecified atom stereocenters. The molecule has 8 heteroatoms. The third kappa shape index (κ3) is 4.64. The average molecular weight is 373 g/mol. The van der Waals surface area contributed by atoms with E-state index < -0.39 is 5.82 Å². The molecule has 1 aromatic carbocycles. The van der Waals surface area contributed by atoms with Crippen LogP contribution >= 0.6 is 0 Å². The highest BCUT2D eigenvalue weighted by Crippen LogP contribution is 2.20. The van der Waals surface area contributed by atoms with Crippen LogP contribution in [0.4, 0.5) is 15.0 Å². The lowest BCUT2D eigenvalue weighted by atomic mass is 10.0. The van der Waals surface area contributed by atoms with Gasteiger partial charge >= 0.3 is 6.03 Å². The summed E-state index contributed by atoms with van der Waals surface area (Å²) in [7, 11) is 3.21. The van der Waals surface area contributed by atoms with Crippen molar-refractivity contribution in [3.8, 4) is 5.75 Å².